The van der Waals surface area contributed by atoms with Gasteiger partial charge in [0.25, 0.3) is 0 Å². The van der Waals surface area contributed by atoms with Gasteiger partial charge in [0.05, 0.1) is 5.52 Å². The van der Waals surface area contributed by atoms with E-state index in [1.165, 1.54) is 18.6 Å². The van der Waals surface area contributed by atoms with Crippen molar-refractivity contribution in [2.45, 2.75) is 13.7 Å². The second kappa shape index (κ2) is 3.94. The molecule has 84 valence electrons. The van der Waals surface area contributed by atoms with Gasteiger partial charge in [-0.25, -0.2) is 9.36 Å². The van der Waals surface area contributed by atoms with Crippen molar-refractivity contribution in [1.82, 2.24) is 4.57 Å². The van der Waals surface area contributed by atoms with E-state index in [0.29, 0.717) is 16.7 Å². The van der Waals surface area contributed by atoms with Gasteiger partial charge in [0, 0.05) is 12.7 Å². The summed E-state index contributed by atoms with van der Waals surface area (Å²) in [5, 5.41) is 0. The van der Waals surface area contributed by atoms with Crippen LogP contribution in [0.1, 0.15) is 17.3 Å². The lowest BCUT2D eigenvalue weighted by Crippen LogP contribution is -2.14. The van der Waals surface area contributed by atoms with E-state index in [0.717, 1.165) is 0 Å². The van der Waals surface area contributed by atoms with Crippen LogP contribution in [0.25, 0.3) is 11.1 Å². The number of Topliss-reactive ketones (excluding diaryl/α,β-unsaturated/α-hetero) is 1. The number of aromatic nitrogens is 1. The molecule has 0 amide bonds. The molecule has 0 saturated heterocycles. The second-order valence-electron chi connectivity index (χ2n) is 3.45. The number of nitrogens with zero attached hydrogens (tertiary/aromatic N) is 1. The molecule has 1 aromatic heterocycles. The van der Waals surface area contributed by atoms with Crippen molar-refractivity contribution >= 4 is 16.9 Å². The number of rotatable bonds is 3. The van der Waals surface area contributed by atoms with Crippen LogP contribution in [0.2, 0.25) is 0 Å². The number of methoxy groups -OCH3 is 1. The summed E-state index contributed by atoms with van der Waals surface area (Å²) in [5.74, 6) is -0.554. The Morgan fingerprint density at radius 2 is 2.25 bits per heavy atom. The maximum atomic E-state index is 11.4. The Morgan fingerprint density at radius 3 is 2.88 bits per heavy atom. The Kier molecular flexibility index (Phi) is 2.62. The molecule has 0 fully saturated rings. The molecule has 2 rings (SSSR count). The molecule has 16 heavy (non-hydrogen) atoms. The van der Waals surface area contributed by atoms with Gasteiger partial charge in [-0.2, -0.15) is 0 Å². The van der Waals surface area contributed by atoms with E-state index in [-0.39, 0.29) is 12.5 Å². The van der Waals surface area contributed by atoms with Gasteiger partial charge in [0.2, 0.25) is 0 Å². The molecule has 1 aromatic carbocycles. The first-order chi connectivity index (χ1) is 7.63. The van der Waals surface area contributed by atoms with Crippen LogP contribution in [0, 0.1) is 0 Å². The number of ketones is 1. The fourth-order valence-electron chi connectivity index (χ4n) is 1.54. The van der Waals surface area contributed by atoms with Crippen LogP contribution in [0.15, 0.2) is 27.4 Å². The van der Waals surface area contributed by atoms with E-state index in [1.54, 1.807) is 18.2 Å². The monoisotopic (exact) mass is 221 g/mol. The van der Waals surface area contributed by atoms with Gasteiger partial charge < -0.3 is 9.15 Å². The summed E-state index contributed by atoms with van der Waals surface area (Å²) in [4.78, 5) is 22.6. The maximum Gasteiger partial charge on any atom is 0.421 e. The van der Waals surface area contributed by atoms with Crippen LogP contribution in [0.4, 0.5) is 0 Å². The summed E-state index contributed by atoms with van der Waals surface area (Å²) >= 11 is 0. The van der Waals surface area contributed by atoms with Crippen molar-refractivity contribution in [3.8, 4) is 0 Å². The van der Waals surface area contributed by atoms with Gasteiger partial charge in [-0.3, -0.25) is 4.79 Å². The van der Waals surface area contributed by atoms with E-state index >= 15 is 0 Å². The Labute approximate surface area is 91.2 Å². The van der Waals surface area contributed by atoms with E-state index in [1.807, 2.05) is 0 Å². The van der Waals surface area contributed by atoms with Crippen LogP contribution >= 0.6 is 0 Å². The summed E-state index contributed by atoms with van der Waals surface area (Å²) in [6.07, 6.45) is 0. The zero-order valence-electron chi connectivity index (χ0n) is 9.02. The normalized spacial score (nSPS) is 10.9. The first-order valence-electron chi connectivity index (χ1n) is 4.76. The van der Waals surface area contributed by atoms with Crippen LogP contribution in [0.3, 0.4) is 0 Å². The number of hydrogen-bond acceptors (Lipinski definition) is 4. The van der Waals surface area contributed by atoms with E-state index in [2.05, 4.69) is 0 Å². The molecular formula is C11H11NO4. The zero-order valence-corrected chi connectivity index (χ0v) is 9.02. The summed E-state index contributed by atoms with van der Waals surface area (Å²) in [5.41, 5.74) is 1.54. The highest BCUT2D eigenvalue weighted by Gasteiger charge is 2.10. The molecule has 0 atom stereocenters. The van der Waals surface area contributed by atoms with Crippen LogP contribution in [-0.4, -0.2) is 17.5 Å². The molecule has 0 bridgehead atoms. The molecule has 0 radical (unpaired) electrons. The molecule has 0 unspecified atom stereocenters. The number of carbonyl (C=O) groups is 1. The summed E-state index contributed by atoms with van der Waals surface area (Å²) in [7, 11) is 1.50. The Morgan fingerprint density at radius 1 is 1.50 bits per heavy atom. The highest BCUT2D eigenvalue weighted by atomic mass is 16.5. The third-order valence-electron chi connectivity index (χ3n) is 2.33. The molecule has 5 heteroatoms. The van der Waals surface area contributed by atoms with Gasteiger partial charge in [-0.05, 0) is 25.1 Å². The number of carbonyl (C=O) groups excluding carboxylic acids is 1. The van der Waals surface area contributed by atoms with Crippen molar-refractivity contribution in [2.75, 3.05) is 7.11 Å². The predicted molar refractivity (Wildman–Crippen MR) is 57.5 cm³/mol. The summed E-state index contributed by atoms with van der Waals surface area (Å²) in [6, 6.07) is 4.90. The van der Waals surface area contributed by atoms with Gasteiger partial charge >= 0.3 is 5.76 Å². The average molecular weight is 221 g/mol. The van der Waals surface area contributed by atoms with Gasteiger partial charge in [0.15, 0.2) is 11.4 Å². The first kappa shape index (κ1) is 10.6. The minimum atomic E-state index is -0.488. The Balaban J connectivity index is 2.65. The summed E-state index contributed by atoms with van der Waals surface area (Å²) in [6.45, 7) is 1.59. The second-order valence-corrected chi connectivity index (χ2v) is 3.45. The van der Waals surface area contributed by atoms with Crippen molar-refractivity contribution in [1.29, 1.82) is 0 Å². The lowest BCUT2D eigenvalue weighted by Gasteiger charge is -1.99. The molecule has 0 spiro atoms. The molecule has 2 aromatic rings. The minimum Gasteiger partial charge on any atom is -0.408 e. The smallest absolute Gasteiger partial charge is 0.408 e. The molecule has 1 heterocycles. The highest BCUT2D eigenvalue weighted by Crippen LogP contribution is 2.15. The third kappa shape index (κ3) is 1.65. The van der Waals surface area contributed by atoms with Crippen molar-refractivity contribution in [3.63, 3.8) is 0 Å². The van der Waals surface area contributed by atoms with Gasteiger partial charge in [0.1, 0.15) is 6.73 Å². The Hall–Kier alpha value is -1.88. The average Bonchev–Trinajstić information content (AvgIpc) is 2.55. The predicted octanol–water partition coefficient (Wildman–Crippen LogP) is 1.40. The van der Waals surface area contributed by atoms with Crippen LogP contribution < -0.4 is 5.76 Å². The number of oxazole rings is 1. The fourth-order valence-corrected chi connectivity index (χ4v) is 1.54. The van der Waals surface area contributed by atoms with Gasteiger partial charge in [-0.15, -0.1) is 0 Å². The van der Waals surface area contributed by atoms with E-state index in [9.17, 15) is 9.59 Å². The lowest BCUT2D eigenvalue weighted by molar-refractivity contribution is 0.101. The largest absolute Gasteiger partial charge is 0.421 e. The fraction of sp³-hybridized carbons (Fsp3) is 0.273. The zero-order chi connectivity index (χ0) is 11.7. The highest BCUT2D eigenvalue weighted by molar-refractivity contribution is 5.96. The third-order valence-corrected chi connectivity index (χ3v) is 2.33. The van der Waals surface area contributed by atoms with Crippen molar-refractivity contribution < 1.29 is 13.9 Å². The Bertz CT molecular complexity index is 594. The number of benzene rings is 1. The van der Waals surface area contributed by atoms with Gasteiger partial charge in [-0.1, -0.05) is 0 Å². The number of ether oxygens (including phenoxy) is 1. The molecule has 0 saturated carbocycles. The maximum absolute atomic E-state index is 11.4. The molecule has 0 aliphatic carbocycles. The minimum absolute atomic E-state index is 0.0657. The molecule has 0 N–H and O–H groups in total. The molecule has 5 nitrogen and oxygen atoms in total. The first-order valence-corrected chi connectivity index (χ1v) is 4.76. The van der Waals surface area contributed by atoms with Crippen LogP contribution in [-0.2, 0) is 11.5 Å². The molecular weight excluding hydrogens is 210 g/mol. The van der Waals surface area contributed by atoms with Crippen molar-refractivity contribution in [2.24, 2.45) is 0 Å². The number of hydrogen-bond donors (Lipinski definition) is 0. The van der Waals surface area contributed by atoms with Crippen molar-refractivity contribution in [3.05, 3.63) is 34.3 Å². The van der Waals surface area contributed by atoms with E-state index in [4.69, 9.17) is 9.15 Å². The topological polar surface area (TPSA) is 61.4 Å². The number of fused-ring (bicyclic) bond motifs is 1. The van der Waals surface area contributed by atoms with Crippen LogP contribution in [0.5, 0.6) is 0 Å². The lowest BCUT2D eigenvalue weighted by atomic mass is 10.1. The quantitative estimate of drug-likeness (QED) is 0.735. The van der Waals surface area contributed by atoms with E-state index < -0.39 is 5.76 Å². The SMILES string of the molecule is COCn1c(=O)oc2cc(C(C)=O)ccc21. The summed E-state index contributed by atoms with van der Waals surface area (Å²) < 4.78 is 11.3. The standard InChI is InChI=1S/C11H11NO4/c1-7(13)8-3-4-9-10(5-8)16-11(14)12(9)6-15-2/h3-5H,6H2,1-2H3. The molecule has 0 aliphatic heterocycles. The molecule has 0 aliphatic rings.